The zero-order valence-corrected chi connectivity index (χ0v) is 12.7. The number of benzene rings is 2. The van der Waals surface area contributed by atoms with E-state index in [-0.39, 0.29) is 5.91 Å². The highest BCUT2D eigenvalue weighted by Crippen LogP contribution is 2.26. The number of nitrogens with two attached hydrogens (primary N) is 1. The van der Waals surface area contributed by atoms with Gasteiger partial charge in [-0.1, -0.05) is 39.1 Å². The van der Waals surface area contributed by atoms with Gasteiger partial charge in [-0.2, -0.15) is 0 Å². The van der Waals surface area contributed by atoms with Gasteiger partial charge in [-0.3, -0.25) is 4.79 Å². The third-order valence-corrected chi connectivity index (χ3v) is 3.55. The van der Waals surface area contributed by atoms with Gasteiger partial charge >= 0.3 is 0 Å². The molecule has 0 atom stereocenters. The van der Waals surface area contributed by atoms with Gasteiger partial charge in [0.1, 0.15) is 0 Å². The third kappa shape index (κ3) is 3.41. The normalized spacial score (nSPS) is 10.3. The van der Waals surface area contributed by atoms with Gasteiger partial charge in [-0.05, 0) is 36.4 Å². The molecule has 2 rings (SSSR count). The first-order valence-electron chi connectivity index (χ1n) is 5.29. The van der Waals surface area contributed by atoms with E-state index in [1.807, 2.05) is 0 Å². The average molecular weight is 360 g/mol. The Morgan fingerprint density at radius 1 is 1.11 bits per heavy atom. The minimum absolute atomic E-state index is 0.335. The largest absolute Gasteiger partial charge is 0.399 e. The summed E-state index contributed by atoms with van der Waals surface area (Å²) in [5.74, 6) is -0.335. The molecular formula is C13H9BrCl2N2O. The number of anilines is 2. The Morgan fingerprint density at radius 3 is 2.53 bits per heavy atom. The fourth-order valence-electron chi connectivity index (χ4n) is 1.49. The van der Waals surface area contributed by atoms with E-state index in [1.54, 1.807) is 36.4 Å². The number of rotatable bonds is 2. The molecule has 0 radical (unpaired) electrons. The van der Waals surface area contributed by atoms with E-state index < -0.39 is 0 Å². The topological polar surface area (TPSA) is 55.1 Å². The van der Waals surface area contributed by atoms with Crippen LogP contribution >= 0.6 is 39.1 Å². The van der Waals surface area contributed by atoms with Gasteiger partial charge < -0.3 is 11.1 Å². The number of carbonyl (C=O) groups excluding carboxylic acids is 1. The van der Waals surface area contributed by atoms with Crippen LogP contribution in [0.5, 0.6) is 0 Å². The van der Waals surface area contributed by atoms with Crippen molar-refractivity contribution in [3.63, 3.8) is 0 Å². The monoisotopic (exact) mass is 358 g/mol. The van der Waals surface area contributed by atoms with Crippen LogP contribution in [0, 0.1) is 0 Å². The molecule has 2 aromatic carbocycles. The van der Waals surface area contributed by atoms with Crippen LogP contribution in [0.3, 0.4) is 0 Å². The number of halogens is 3. The molecule has 0 saturated heterocycles. The second-order valence-electron chi connectivity index (χ2n) is 3.82. The molecule has 0 aliphatic carbocycles. The molecule has 98 valence electrons. The molecule has 0 unspecified atom stereocenters. The van der Waals surface area contributed by atoms with Crippen molar-refractivity contribution in [3.8, 4) is 0 Å². The van der Waals surface area contributed by atoms with E-state index >= 15 is 0 Å². The van der Waals surface area contributed by atoms with Crippen LogP contribution in [-0.4, -0.2) is 5.91 Å². The highest BCUT2D eigenvalue weighted by atomic mass is 79.9. The third-order valence-electron chi connectivity index (χ3n) is 2.41. The molecule has 0 aliphatic heterocycles. The summed E-state index contributed by atoms with van der Waals surface area (Å²) in [4.78, 5) is 12.1. The molecule has 0 heterocycles. The second kappa shape index (κ2) is 5.82. The molecule has 0 fully saturated rings. The van der Waals surface area contributed by atoms with Gasteiger partial charge in [0.2, 0.25) is 0 Å². The van der Waals surface area contributed by atoms with Gasteiger partial charge in [-0.25, -0.2) is 0 Å². The van der Waals surface area contributed by atoms with Crippen LogP contribution in [0.1, 0.15) is 10.4 Å². The van der Waals surface area contributed by atoms with Crippen LogP contribution in [0.4, 0.5) is 11.4 Å². The predicted molar refractivity (Wildman–Crippen MR) is 83.0 cm³/mol. The van der Waals surface area contributed by atoms with Gasteiger partial charge in [0.05, 0.1) is 21.3 Å². The molecular weight excluding hydrogens is 351 g/mol. The molecule has 0 bridgehead atoms. The molecule has 0 aliphatic rings. The lowest BCUT2D eigenvalue weighted by molar-refractivity contribution is 0.102. The highest BCUT2D eigenvalue weighted by Gasteiger charge is 2.12. The van der Waals surface area contributed by atoms with Crippen LogP contribution in [0.25, 0.3) is 0 Å². The molecule has 6 heteroatoms. The SMILES string of the molecule is Nc1ccc(NC(=O)c2cc(Br)ccc2Cl)c(Cl)c1. The smallest absolute Gasteiger partial charge is 0.257 e. The van der Waals surface area contributed by atoms with Crippen molar-refractivity contribution in [2.45, 2.75) is 0 Å². The Bertz CT molecular complexity index is 647. The number of carbonyl (C=O) groups is 1. The maximum absolute atomic E-state index is 12.1. The summed E-state index contributed by atoms with van der Waals surface area (Å²) in [5, 5.41) is 3.43. The summed E-state index contributed by atoms with van der Waals surface area (Å²) in [6, 6.07) is 9.91. The summed E-state index contributed by atoms with van der Waals surface area (Å²) in [6.07, 6.45) is 0. The van der Waals surface area contributed by atoms with Gasteiger partial charge in [-0.15, -0.1) is 0 Å². The summed E-state index contributed by atoms with van der Waals surface area (Å²) in [7, 11) is 0. The maximum atomic E-state index is 12.1. The van der Waals surface area contributed by atoms with Crippen molar-refractivity contribution >= 4 is 56.4 Å². The average Bonchev–Trinajstić information content (AvgIpc) is 2.35. The van der Waals surface area contributed by atoms with Crippen molar-refractivity contribution in [2.24, 2.45) is 0 Å². The second-order valence-corrected chi connectivity index (χ2v) is 5.55. The van der Waals surface area contributed by atoms with Gasteiger partial charge in [0, 0.05) is 10.2 Å². The molecule has 1 amide bonds. The number of hydrogen-bond donors (Lipinski definition) is 2. The Kier molecular flexibility index (Phi) is 4.34. The number of hydrogen-bond acceptors (Lipinski definition) is 2. The molecule has 2 aromatic rings. The van der Waals surface area contributed by atoms with E-state index in [1.165, 1.54) is 0 Å². The predicted octanol–water partition coefficient (Wildman–Crippen LogP) is 4.59. The van der Waals surface area contributed by atoms with E-state index in [4.69, 9.17) is 28.9 Å². The molecule has 3 nitrogen and oxygen atoms in total. The Hall–Kier alpha value is -1.23. The van der Waals surface area contributed by atoms with E-state index in [9.17, 15) is 4.79 Å². The van der Waals surface area contributed by atoms with Crippen LogP contribution in [0.2, 0.25) is 10.0 Å². The lowest BCUT2D eigenvalue weighted by Gasteiger charge is -2.09. The number of nitrogens with one attached hydrogen (secondary N) is 1. The van der Waals surface area contributed by atoms with E-state index in [0.29, 0.717) is 27.0 Å². The minimum atomic E-state index is -0.335. The van der Waals surface area contributed by atoms with Crippen LogP contribution in [-0.2, 0) is 0 Å². The zero-order chi connectivity index (χ0) is 14.0. The van der Waals surface area contributed by atoms with Crippen molar-refractivity contribution in [3.05, 3.63) is 56.5 Å². The summed E-state index contributed by atoms with van der Waals surface area (Å²) >= 11 is 15.3. The number of amides is 1. The summed E-state index contributed by atoms with van der Waals surface area (Å²) < 4.78 is 0.769. The fourth-order valence-corrected chi connectivity index (χ4v) is 2.29. The first-order chi connectivity index (χ1) is 8.97. The van der Waals surface area contributed by atoms with E-state index in [2.05, 4.69) is 21.2 Å². The van der Waals surface area contributed by atoms with Gasteiger partial charge in [0.25, 0.3) is 5.91 Å². The Labute approximate surface area is 128 Å². The minimum Gasteiger partial charge on any atom is -0.399 e. The van der Waals surface area contributed by atoms with Crippen molar-refractivity contribution in [1.82, 2.24) is 0 Å². The van der Waals surface area contributed by atoms with Gasteiger partial charge in [0.15, 0.2) is 0 Å². The summed E-state index contributed by atoms with van der Waals surface area (Å²) in [6.45, 7) is 0. The first-order valence-corrected chi connectivity index (χ1v) is 6.83. The van der Waals surface area contributed by atoms with E-state index in [0.717, 1.165) is 4.47 Å². The van der Waals surface area contributed by atoms with Crippen molar-refractivity contribution in [1.29, 1.82) is 0 Å². The van der Waals surface area contributed by atoms with Crippen LogP contribution < -0.4 is 11.1 Å². The van der Waals surface area contributed by atoms with Crippen molar-refractivity contribution < 1.29 is 4.79 Å². The van der Waals surface area contributed by atoms with Crippen molar-refractivity contribution in [2.75, 3.05) is 11.1 Å². The molecule has 0 spiro atoms. The van der Waals surface area contributed by atoms with Crippen LogP contribution in [0.15, 0.2) is 40.9 Å². The zero-order valence-electron chi connectivity index (χ0n) is 9.58. The standard InChI is InChI=1S/C13H9BrCl2N2O/c14-7-1-3-10(15)9(5-7)13(19)18-12-4-2-8(17)6-11(12)16/h1-6H,17H2,(H,18,19). The molecule has 19 heavy (non-hydrogen) atoms. The molecule has 0 saturated carbocycles. The highest BCUT2D eigenvalue weighted by molar-refractivity contribution is 9.10. The Balaban J connectivity index is 2.28. The Morgan fingerprint density at radius 2 is 1.84 bits per heavy atom. The fraction of sp³-hybridized carbons (Fsp3) is 0. The molecule has 3 N–H and O–H groups in total. The first kappa shape index (κ1) is 14.2. The quantitative estimate of drug-likeness (QED) is 0.770. The lowest BCUT2D eigenvalue weighted by Crippen LogP contribution is -2.13. The summed E-state index contributed by atoms with van der Waals surface area (Å²) in [5.41, 5.74) is 6.97. The lowest BCUT2D eigenvalue weighted by atomic mass is 10.2. The maximum Gasteiger partial charge on any atom is 0.257 e. The number of nitrogen functional groups attached to an aromatic ring is 1. The molecule has 0 aromatic heterocycles.